The zero-order chi connectivity index (χ0) is 16.3. The van der Waals surface area contributed by atoms with Crippen molar-refractivity contribution in [3.05, 3.63) is 33.4 Å². The van der Waals surface area contributed by atoms with Crippen LogP contribution in [0.3, 0.4) is 0 Å². The molecule has 1 fully saturated rings. The maximum absolute atomic E-state index is 12.8. The highest BCUT2D eigenvalue weighted by molar-refractivity contribution is 5.98. The third kappa shape index (κ3) is 3.21. The first-order valence-electron chi connectivity index (χ1n) is 7.61. The van der Waals surface area contributed by atoms with Gasteiger partial charge >= 0.3 is 5.69 Å². The van der Waals surface area contributed by atoms with E-state index in [1.54, 1.807) is 11.0 Å². The second kappa shape index (κ2) is 6.77. The van der Waals surface area contributed by atoms with Crippen LogP contribution in [-0.2, 0) is 0 Å². The zero-order valence-electron chi connectivity index (χ0n) is 13.3. The van der Waals surface area contributed by atoms with Gasteiger partial charge in [0.1, 0.15) is 0 Å². The lowest BCUT2D eigenvalue weighted by atomic mass is 9.98. The van der Waals surface area contributed by atoms with Gasteiger partial charge in [-0.15, -0.1) is 0 Å². The summed E-state index contributed by atoms with van der Waals surface area (Å²) in [5.74, 6) is -0.0235. The van der Waals surface area contributed by atoms with Crippen LogP contribution in [0.2, 0.25) is 0 Å². The van der Waals surface area contributed by atoms with Gasteiger partial charge in [-0.25, -0.2) is 0 Å². The van der Waals surface area contributed by atoms with Crippen LogP contribution in [0.15, 0.2) is 12.1 Å². The highest BCUT2D eigenvalue weighted by atomic mass is 16.6. The number of piperidine rings is 1. The van der Waals surface area contributed by atoms with Crippen LogP contribution >= 0.6 is 0 Å². The molecule has 120 valence electrons. The molecule has 1 aromatic carbocycles. The zero-order valence-corrected chi connectivity index (χ0v) is 13.3. The molecule has 1 amide bonds. The molecule has 0 spiro atoms. The molecule has 1 saturated heterocycles. The summed E-state index contributed by atoms with van der Waals surface area (Å²) in [5, 5.41) is 11.3. The monoisotopic (exact) mass is 306 g/mol. The van der Waals surface area contributed by atoms with Gasteiger partial charge in [-0.3, -0.25) is 14.9 Å². The Hall–Kier alpha value is -2.11. The molecule has 0 saturated carbocycles. The van der Waals surface area contributed by atoms with Gasteiger partial charge in [0.15, 0.2) is 0 Å². The molecule has 2 rings (SSSR count). The van der Waals surface area contributed by atoms with Crippen LogP contribution in [0, 0.1) is 10.1 Å². The molecule has 0 aliphatic carbocycles. The molecule has 1 aliphatic rings. The molecule has 6 nitrogen and oxygen atoms in total. The minimum atomic E-state index is -0.488. The number of methoxy groups -OCH3 is 1. The lowest BCUT2D eigenvalue weighted by Gasteiger charge is -2.27. The molecular formula is C16H22N2O4. The predicted octanol–water partition coefficient (Wildman–Crippen LogP) is 3.35. The second-order valence-electron chi connectivity index (χ2n) is 5.89. The van der Waals surface area contributed by atoms with E-state index in [0.717, 1.165) is 24.8 Å². The summed E-state index contributed by atoms with van der Waals surface area (Å²) in [5.41, 5.74) is 0.921. The van der Waals surface area contributed by atoms with E-state index in [4.69, 9.17) is 4.74 Å². The van der Waals surface area contributed by atoms with Crippen molar-refractivity contribution in [3.63, 3.8) is 0 Å². The van der Waals surface area contributed by atoms with E-state index in [0.29, 0.717) is 18.7 Å². The number of benzene rings is 1. The first kappa shape index (κ1) is 16.3. The van der Waals surface area contributed by atoms with Gasteiger partial charge in [-0.2, -0.15) is 0 Å². The fourth-order valence-corrected chi connectivity index (χ4v) is 2.74. The molecule has 0 radical (unpaired) electrons. The second-order valence-corrected chi connectivity index (χ2v) is 5.89. The van der Waals surface area contributed by atoms with Crippen molar-refractivity contribution in [1.82, 2.24) is 4.90 Å². The molecule has 0 atom stereocenters. The SMILES string of the molecule is COc1c(C(=O)N2CCCCC2)cc(C(C)C)cc1[N+](=O)[O-]. The van der Waals surface area contributed by atoms with Crippen LogP contribution in [0.25, 0.3) is 0 Å². The van der Waals surface area contributed by atoms with Gasteiger partial charge < -0.3 is 9.64 Å². The normalized spacial score (nSPS) is 15.0. The van der Waals surface area contributed by atoms with E-state index >= 15 is 0 Å². The van der Waals surface area contributed by atoms with E-state index in [9.17, 15) is 14.9 Å². The van der Waals surface area contributed by atoms with Crippen molar-refractivity contribution < 1.29 is 14.5 Å². The van der Waals surface area contributed by atoms with Gasteiger partial charge in [-0.05, 0) is 36.8 Å². The van der Waals surface area contributed by atoms with Crippen LogP contribution in [0.4, 0.5) is 5.69 Å². The Labute approximate surface area is 130 Å². The van der Waals surface area contributed by atoms with Crippen molar-refractivity contribution in [3.8, 4) is 5.75 Å². The standard InChI is InChI=1S/C16H22N2O4/c1-11(2)12-9-13(15(22-3)14(10-12)18(20)21)16(19)17-7-5-4-6-8-17/h9-11H,4-8H2,1-3H3. The van der Waals surface area contributed by atoms with Gasteiger partial charge in [0, 0.05) is 19.2 Å². The van der Waals surface area contributed by atoms with Crippen LogP contribution in [0.1, 0.15) is 54.9 Å². The minimum Gasteiger partial charge on any atom is -0.490 e. The third-order valence-corrected chi connectivity index (χ3v) is 4.03. The average Bonchev–Trinajstić information content (AvgIpc) is 2.53. The first-order chi connectivity index (χ1) is 10.5. The first-order valence-corrected chi connectivity index (χ1v) is 7.61. The number of hydrogen-bond acceptors (Lipinski definition) is 4. The Morgan fingerprint density at radius 2 is 1.91 bits per heavy atom. The highest BCUT2D eigenvalue weighted by Crippen LogP contribution is 2.35. The summed E-state index contributed by atoms with van der Waals surface area (Å²) in [7, 11) is 1.37. The maximum atomic E-state index is 12.8. The van der Waals surface area contributed by atoms with E-state index in [1.165, 1.54) is 13.2 Å². The highest BCUT2D eigenvalue weighted by Gasteiger charge is 2.28. The Bertz CT molecular complexity index is 578. The van der Waals surface area contributed by atoms with Gasteiger partial charge in [-0.1, -0.05) is 13.8 Å². The fraction of sp³-hybridized carbons (Fsp3) is 0.562. The van der Waals surface area contributed by atoms with Gasteiger partial charge in [0.2, 0.25) is 5.75 Å². The number of carbonyl (C=O) groups excluding carboxylic acids is 1. The largest absolute Gasteiger partial charge is 0.490 e. The molecule has 0 bridgehead atoms. The Morgan fingerprint density at radius 1 is 1.27 bits per heavy atom. The Balaban J connectivity index is 2.51. The maximum Gasteiger partial charge on any atom is 0.312 e. The number of nitro groups is 1. The van der Waals surface area contributed by atoms with Crippen molar-refractivity contribution in [2.45, 2.75) is 39.0 Å². The molecule has 0 N–H and O–H groups in total. The van der Waals surface area contributed by atoms with Crippen molar-refractivity contribution in [2.75, 3.05) is 20.2 Å². The Morgan fingerprint density at radius 3 is 2.41 bits per heavy atom. The predicted molar refractivity (Wildman–Crippen MR) is 83.5 cm³/mol. The summed E-state index contributed by atoms with van der Waals surface area (Å²) in [6.07, 6.45) is 3.06. The van der Waals surface area contributed by atoms with Crippen LogP contribution in [-0.4, -0.2) is 35.9 Å². The molecule has 22 heavy (non-hydrogen) atoms. The number of hydrogen-bond donors (Lipinski definition) is 0. The van der Waals surface area contributed by atoms with E-state index in [1.807, 2.05) is 13.8 Å². The molecule has 0 unspecified atom stereocenters. The van der Waals surface area contributed by atoms with E-state index in [2.05, 4.69) is 0 Å². The number of nitrogens with zero attached hydrogens (tertiary/aromatic N) is 2. The molecule has 1 aromatic rings. The minimum absolute atomic E-state index is 0.0602. The summed E-state index contributed by atoms with van der Waals surface area (Å²) in [6, 6.07) is 3.23. The third-order valence-electron chi connectivity index (χ3n) is 4.03. The molecule has 6 heteroatoms. The lowest BCUT2D eigenvalue weighted by Crippen LogP contribution is -2.35. The van der Waals surface area contributed by atoms with E-state index in [-0.39, 0.29) is 23.3 Å². The van der Waals surface area contributed by atoms with Crippen molar-refractivity contribution >= 4 is 11.6 Å². The number of ether oxygens (including phenoxy) is 1. The van der Waals surface area contributed by atoms with Crippen LogP contribution < -0.4 is 4.74 Å². The quantitative estimate of drug-likeness (QED) is 0.631. The number of amides is 1. The molecule has 1 heterocycles. The van der Waals surface area contributed by atoms with Crippen molar-refractivity contribution in [1.29, 1.82) is 0 Å². The number of rotatable bonds is 4. The summed E-state index contributed by atoms with van der Waals surface area (Å²) >= 11 is 0. The molecule has 1 aliphatic heterocycles. The summed E-state index contributed by atoms with van der Waals surface area (Å²) in [4.78, 5) is 25.3. The number of nitro benzene ring substituents is 1. The van der Waals surface area contributed by atoms with Gasteiger partial charge in [0.25, 0.3) is 5.91 Å². The average molecular weight is 306 g/mol. The smallest absolute Gasteiger partial charge is 0.312 e. The summed E-state index contributed by atoms with van der Waals surface area (Å²) < 4.78 is 5.20. The number of likely N-dealkylation sites (tertiary alicyclic amines) is 1. The van der Waals surface area contributed by atoms with Crippen LogP contribution in [0.5, 0.6) is 5.75 Å². The number of carbonyl (C=O) groups is 1. The van der Waals surface area contributed by atoms with Gasteiger partial charge in [0.05, 0.1) is 17.6 Å². The fourth-order valence-electron chi connectivity index (χ4n) is 2.74. The lowest BCUT2D eigenvalue weighted by molar-refractivity contribution is -0.385. The van der Waals surface area contributed by atoms with Crippen molar-refractivity contribution in [2.24, 2.45) is 0 Å². The molecule has 0 aromatic heterocycles. The summed E-state index contributed by atoms with van der Waals surface area (Å²) in [6.45, 7) is 5.28. The topological polar surface area (TPSA) is 72.7 Å². The Kier molecular flexibility index (Phi) is 5.00. The molecular weight excluding hydrogens is 284 g/mol. The van der Waals surface area contributed by atoms with E-state index < -0.39 is 4.92 Å².